The number of pyridine rings is 1. The lowest BCUT2D eigenvalue weighted by Crippen LogP contribution is -2.47. The summed E-state index contributed by atoms with van der Waals surface area (Å²) in [5.74, 6) is -1.83. The maximum Gasteiger partial charge on any atom is 0.391 e. The van der Waals surface area contributed by atoms with Crippen molar-refractivity contribution in [3.63, 3.8) is 0 Å². The van der Waals surface area contributed by atoms with Crippen molar-refractivity contribution in [1.82, 2.24) is 15.6 Å². The molecule has 1 aliphatic rings. The number of rotatable bonds is 4. The summed E-state index contributed by atoms with van der Waals surface area (Å²) in [7, 11) is 0. The van der Waals surface area contributed by atoms with E-state index >= 15 is 0 Å². The standard InChI is InChI=1S/C15H19F3N4O2/c16-15(17,18)10-3-1-4-11(7-10)22-14(24)20-9-13(23)21-12-5-2-6-19-8-12/h2,5-6,8,10-11H,1,3-4,7,9H2,(H,21,23)(H2,20,22,24). The number of carbonyl (C=O) groups excluding carboxylic acids is 2. The maximum atomic E-state index is 12.7. The zero-order valence-electron chi connectivity index (χ0n) is 12.9. The fourth-order valence-corrected chi connectivity index (χ4v) is 2.66. The van der Waals surface area contributed by atoms with Crippen LogP contribution in [0.4, 0.5) is 23.7 Å². The van der Waals surface area contributed by atoms with Gasteiger partial charge >= 0.3 is 12.2 Å². The number of aromatic nitrogens is 1. The quantitative estimate of drug-likeness (QED) is 0.784. The zero-order valence-corrected chi connectivity index (χ0v) is 12.9. The third-order valence-electron chi connectivity index (χ3n) is 3.83. The maximum absolute atomic E-state index is 12.7. The summed E-state index contributed by atoms with van der Waals surface area (Å²) in [6.07, 6.45) is -0.342. The first-order valence-corrected chi connectivity index (χ1v) is 7.65. The van der Waals surface area contributed by atoms with Crippen LogP contribution >= 0.6 is 0 Å². The molecule has 3 N–H and O–H groups in total. The van der Waals surface area contributed by atoms with Gasteiger partial charge in [-0.15, -0.1) is 0 Å². The third-order valence-corrected chi connectivity index (χ3v) is 3.83. The van der Waals surface area contributed by atoms with Gasteiger partial charge in [0.25, 0.3) is 0 Å². The number of alkyl halides is 3. The smallest absolute Gasteiger partial charge is 0.335 e. The molecule has 0 aliphatic heterocycles. The molecule has 2 unspecified atom stereocenters. The summed E-state index contributed by atoms with van der Waals surface area (Å²) >= 11 is 0. The van der Waals surface area contributed by atoms with Gasteiger partial charge in [0.15, 0.2) is 0 Å². The fourth-order valence-electron chi connectivity index (χ4n) is 2.66. The average Bonchev–Trinajstić information content (AvgIpc) is 2.53. The van der Waals surface area contributed by atoms with Crippen LogP contribution in [0.1, 0.15) is 25.7 Å². The Balaban J connectivity index is 1.72. The molecule has 0 spiro atoms. The van der Waals surface area contributed by atoms with Crippen molar-refractivity contribution >= 4 is 17.6 Å². The number of urea groups is 1. The van der Waals surface area contributed by atoms with Gasteiger partial charge in [0, 0.05) is 12.2 Å². The number of nitrogens with one attached hydrogen (secondary N) is 3. The Bertz CT molecular complexity index is 566. The Labute approximate surface area is 137 Å². The lowest BCUT2D eigenvalue weighted by Gasteiger charge is -2.30. The molecule has 0 saturated heterocycles. The number of amides is 3. The van der Waals surface area contributed by atoms with Crippen LogP contribution in [-0.4, -0.2) is 35.7 Å². The van der Waals surface area contributed by atoms with E-state index in [1.807, 2.05) is 0 Å². The van der Waals surface area contributed by atoms with Gasteiger partial charge < -0.3 is 16.0 Å². The van der Waals surface area contributed by atoms with Crippen LogP contribution in [0.25, 0.3) is 0 Å². The molecule has 0 bridgehead atoms. The van der Waals surface area contributed by atoms with Gasteiger partial charge in [-0.3, -0.25) is 9.78 Å². The second kappa shape index (κ2) is 7.98. The number of nitrogens with zero attached hydrogens (tertiary/aromatic N) is 1. The largest absolute Gasteiger partial charge is 0.391 e. The average molecular weight is 344 g/mol. The van der Waals surface area contributed by atoms with Crippen LogP contribution < -0.4 is 16.0 Å². The predicted octanol–water partition coefficient (Wildman–Crippen LogP) is 2.44. The molecule has 1 heterocycles. The molecule has 1 aromatic heterocycles. The van der Waals surface area contributed by atoms with Gasteiger partial charge in [-0.05, 0) is 31.4 Å². The molecular weight excluding hydrogens is 325 g/mol. The van der Waals surface area contributed by atoms with E-state index in [2.05, 4.69) is 20.9 Å². The Hall–Kier alpha value is -2.32. The minimum absolute atomic E-state index is 0.0941. The minimum atomic E-state index is -4.24. The Morgan fingerprint density at radius 3 is 2.75 bits per heavy atom. The molecule has 24 heavy (non-hydrogen) atoms. The van der Waals surface area contributed by atoms with Crippen molar-refractivity contribution in [2.75, 3.05) is 11.9 Å². The first kappa shape index (κ1) is 18.0. The number of anilines is 1. The highest BCUT2D eigenvalue weighted by Crippen LogP contribution is 2.37. The van der Waals surface area contributed by atoms with E-state index in [4.69, 9.17) is 0 Å². The van der Waals surface area contributed by atoms with E-state index in [1.54, 1.807) is 18.3 Å². The summed E-state index contributed by atoms with van der Waals surface area (Å²) in [5, 5.41) is 7.37. The molecule has 2 atom stereocenters. The zero-order chi connectivity index (χ0) is 17.6. The summed E-state index contributed by atoms with van der Waals surface area (Å²) in [6.45, 7) is -0.282. The molecular formula is C15H19F3N4O2. The van der Waals surface area contributed by atoms with Crippen molar-refractivity contribution in [1.29, 1.82) is 0 Å². The van der Waals surface area contributed by atoms with Crippen LogP contribution in [0.5, 0.6) is 0 Å². The Morgan fingerprint density at radius 2 is 2.08 bits per heavy atom. The molecule has 3 amide bonds. The highest BCUT2D eigenvalue weighted by molar-refractivity contribution is 5.94. The van der Waals surface area contributed by atoms with Gasteiger partial charge in [0.05, 0.1) is 24.3 Å². The first-order chi connectivity index (χ1) is 11.3. The number of hydrogen-bond donors (Lipinski definition) is 3. The van der Waals surface area contributed by atoms with Gasteiger partial charge in [-0.1, -0.05) is 6.42 Å². The van der Waals surface area contributed by atoms with Crippen molar-refractivity contribution in [3.8, 4) is 0 Å². The highest BCUT2D eigenvalue weighted by Gasteiger charge is 2.42. The normalized spacial score (nSPS) is 21.0. The Kier molecular flexibility index (Phi) is 5.99. The van der Waals surface area contributed by atoms with Gasteiger partial charge in [-0.2, -0.15) is 13.2 Å². The van der Waals surface area contributed by atoms with Gasteiger partial charge in [0.2, 0.25) is 5.91 Å². The van der Waals surface area contributed by atoms with Crippen molar-refractivity contribution in [3.05, 3.63) is 24.5 Å². The van der Waals surface area contributed by atoms with Gasteiger partial charge in [0.1, 0.15) is 0 Å². The first-order valence-electron chi connectivity index (χ1n) is 7.65. The minimum Gasteiger partial charge on any atom is -0.335 e. The highest BCUT2D eigenvalue weighted by atomic mass is 19.4. The molecule has 0 radical (unpaired) electrons. The lowest BCUT2D eigenvalue weighted by atomic mass is 9.85. The van der Waals surface area contributed by atoms with Crippen LogP contribution in [0.3, 0.4) is 0 Å². The summed E-state index contributed by atoms with van der Waals surface area (Å²) in [4.78, 5) is 27.2. The number of carbonyl (C=O) groups is 2. The van der Waals surface area contributed by atoms with Crippen molar-refractivity contribution < 1.29 is 22.8 Å². The second-order valence-corrected chi connectivity index (χ2v) is 5.72. The van der Waals surface area contributed by atoms with E-state index in [9.17, 15) is 22.8 Å². The lowest BCUT2D eigenvalue weighted by molar-refractivity contribution is -0.183. The predicted molar refractivity (Wildman–Crippen MR) is 81.2 cm³/mol. The summed E-state index contributed by atoms with van der Waals surface area (Å²) in [6, 6.07) is 2.11. The fraction of sp³-hybridized carbons (Fsp3) is 0.533. The van der Waals surface area contributed by atoms with Crippen LogP contribution in [0, 0.1) is 5.92 Å². The molecule has 1 saturated carbocycles. The van der Waals surface area contributed by atoms with E-state index in [0.717, 1.165) is 0 Å². The summed E-state index contributed by atoms with van der Waals surface area (Å²) in [5.41, 5.74) is 0.491. The molecule has 0 aromatic carbocycles. The van der Waals surface area contributed by atoms with Crippen molar-refractivity contribution in [2.24, 2.45) is 5.92 Å². The van der Waals surface area contributed by atoms with Crippen LogP contribution in [0.2, 0.25) is 0 Å². The van der Waals surface area contributed by atoms with Crippen LogP contribution in [0.15, 0.2) is 24.5 Å². The molecule has 1 aliphatic carbocycles. The van der Waals surface area contributed by atoms with E-state index in [0.29, 0.717) is 18.5 Å². The SMILES string of the molecule is O=C(CNC(=O)NC1CCCC(C(F)(F)F)C1)Nc1cccnc1. The number of hydrogen-bond acceptors (Lipinski definition) is 3. The topological polar surface area (TPSA) is 83.1 Å². The molecule has 2 rings (SSSR count). The van der Waals surface area contributed by atoms with E-state index in [1.165, 1.54) is 6.20 Å². The molecule has 9 heteroatoms. The van der Waals surface area contributed by atoms with Crippen LogP contribution in [-0.2, 0) is 4.79 Å². The molecule has 1 fully saturated rings. The van der Waals surface area contributed by atoms with Crippen molar-refractivity contribution in [2.45, 2.75) is 37.9 Å². The molecule has 132 valence electrons. The third kappa shape index (κ3) is 5.71. The molecule has 6 nitrogen and oxygen atoms in total. The Morgan fingerprint density at radius 1 is 1.29 bits per heavy atom. The monoisotopic (exact) mass is 344 g/mol. The second-order valence-electron chi connectivity index (χ2n) is 5.72. The molecule has 1 aromatic rings. The van der Waals surface area contributed by atoms with E-state index < -0.39 is 30.1 Å². The van der Waals surface area contributed by atoms with E-state index in [-0.39, 0.29) is 19.4 Å². The summed E-state index contributed by atoms with van der Waals surface area (Å²) < 4.78 is 38.2. The van der Waals surface area contributed by atoms with Gasteiger partial charge in [-0.25, -0.2) is 4.79 Å². The number of halogens is 3.